The maximum atomic E-state index is 10.2. The first-order valence-corrected chi connectivity index (χ1v) is 6.10. The van der Waals surface area contributed by atoms with Gasteiger partial charge >= 0.3 is 0 Å². The fourth-order valence-corrected chi connectivity index (χ4v) is 1.51. The Morgan fingerprint density at radius 1 is 1.12 bits per heavy atom. The predicted molar refractivity (Wildman–Crippen MR) is 69.7 cm³/mol. The SMILES string of the molecule is CC(O)C(C)(C)CC(O)C(C)(C)C/C=C/C=O. The molecule has 3 heteroatoms. The Labute approximate surface area is 105 Å². The molecule has 0 fully saturated rings. The maximum Gasteiger partial charge on any atom is 0.142 e. The first-order valence-electron chi connectivity index (χ1n) is 6.10. The summed E-state index contributed by atoms with van der Waals surface area (Å²) in [5.41, 5.74) is -0.614. The first kappa shape index (κ1) is 16.3. The number of hydrogen-bond acceptors (Lipinski definition) is 3. The Balaban J connectivity index is 4.52. The third-order valence-corrected chi connectivity index (χ3v) is 3.61. The van der Waals surface area contributed by atoms with Gasteiger partial charge in [0.1, 0.15) is 6.29 Å². The molecule has 2 N–H and O–H groups in total. The molecule has 0 bridgehead atoms. The van der Waals surface area contributed by atoms with E-state index < -0.39 is 12.2 Å². The molecule has 100 valence electrons. The fourth-order valence-electron chi connectivity index (χ4n) is 1.51. The summed E-state index contributed by atoms with van der Waals surface area (Å²) in [6.45, 7) is 9.55. The average molecular weight is 242 g/mol. The Hall–Kier alpha value is -0.670. The Morgan fingerprint density at radius 3 is 2.06 bits per heavy atom. The van der Waals surface area contributed by atoms with E-state index in [0.29, 0.717) is 12.8 Å². The Morgan fingerprint density at radius 2 is 1.65 bits per heavy atom. The molecule has 17 heavy (non-hydrogen) atoms. The number of hydrogen-bond donors (Lipinski definition) is 2. The molecular weight excluding hydrogens is 216 g/mol. The molecule has 0 radical (unpaired) electrons. The molecule has 0 aromatic carbocycles. The predicted octanol–water partition coefficient (Wildman–Crippen LogP) is 2.32. The van der Waals surface area contributed by atoms with Crippen molar-refractivity contribution >= 4 is 6.29 Å². The van der Waals surface area contributed by atoms with E-state index in [4.69, 9.17) is 0 Å². The summed E-state index contributed by atoms with van der Waals surface area (Å²) in [5.74, 6) is 0. The normalized spacial score (nSPS) is 17.1. The van der Waals surface area contributed by atoms with Crippen LogP contribution in [0.15, 0.2) is 12.2 Å². The lowest BCUT2D eigenvalue weighted by molar-refractivity contribution is -0.104. The molecule has 0 aromatic rings. The highest BCUT2D eigenvalue weighted by Gasteiger charge is 2.34. The molecular formula is C14H26O3. The van der Waals surface area contributed by atoms with Gasteiger partial charge in [-0.15, -0.1) is 0 Å². The molecule has 0 aliphatic rings. The summed E-state index contributed by atoms with van der Waals surface area (Å²) >= 11 is 0. The van der Waals surface area contributed by atoms with Gasteiger partial charge in [0.25, 0.3) is 0 Å². The highest BCUT2D eigenvalue weighted by Crippen LogP contribution is 2.35. The van der Waals surface area contributed by atoms with E-state index in [1.165, 1.54) is 6.08 Å². The second kappa shape index (κ2) is 6.31. The lowest BCUT2D eigenvalue weighted by Gasteiger charge is -2.37. The first-order chi connectivity index (χ1) is 7.63. The number of aldehydes is 1. The van der Waals surface area contributed by atoms with Crippen molar-refractivity contribution < 1.29 is 15.0 Å². The average Bonchev–Trinajstić information content (AvgIpc) is 2.16. The monoisotopic (exact) mass is 242 g/mol. The van der Waals surface area contributed by atoms with Gasteiger partial charge in [-0.1, -0.05) is 33.8 Å². The van der Waals surface area contributed by atoms with Gasteiger partial charge in [0, 0.05) is 0 Å². The number of allylic oxidation sites excluding steroid dienone is 2. The summed E-state index contributed by atoms with van der Waals surface area (Å²) in [6, 6.07) is 0. The molecule has 2 atom stereocenters. The van der Waals surface area contributed by atoms with E-state index in [1.807, 2.05) is 27.7 Å². The smallest absolute Gasteiger partial charge is 0.142 e. The lowest BCUT2D eigenvalue weighted by atomic mass is 9.73. The van der Waals surface area contributed by atoms with Crippen molar-refractivity contribution in [3.8, 4) is 0 Å². The van der Waals surface area contributed by atoms with Crippen LogP contribution in [-0.2, 0) is 4.79 Å². The van der Waals surface area contributed by atoms with Gasteiger partial charge in [-0.2, -0.15) is 0 Å². The van der Waals surface area contributed by atoms with E-state index in [2.05, 4.69) is 0 Å². The molecule has 0 saturated heterocycles. The van der Waals surface area contributed by atoms with Crippen LogP contribution in [0.3, 0.4) is 0 Å². The molecule has 0 aliphatic carbocycles. The largest absolute Gasteiger partial charge is 0.393 e. The van der Waals surface area contributed by atoms with E-state index in [1.54, 1.807) is 13.0 Å². The van der Waals surface area contributed by atoms with Gasteiger partial charge in [0.05, 0.1) is 12.2 Å². The topological polar surface area (TPSA) is 57.5 Å². The third kappa shape index (κ3) is 5.46. The van der Waals surface area contributed by atoms with E-state index in [9.17, 15) is 15.0 Å². The molecule has 0 saturated carbocycles. The van der Waals surface area contributed by atoms with E-state index in [-0.39, 0.29) is 10.8 Å². The van der Waals surface area contributed by atoms with Crippen molar-refractivity contribution in [2.24, 2.45) is 10.8 Å². The highest BCUT2D eigenvalue weighted by atomic mass is 16.3. The number of aliphatic hydroxyl groups is 2. The number of rotatable bonds is 7. The molecule has 0 heterocycles. The number of aliphatic hydroxyl groups excluding tert-OH is 2. The zero-order chi connectivity index (χ0) is 13.7. The number of carbonyl (C=O) groups is 1. The van der Waals surface area contributed by atoms with Crippen molar-refractivity contribution in [2.75, 3.05) is 0 Å². The molecule has 0 aliphatic heterocycles. The van der Waals surface area contributed by atoms with Crippen LogP contribution in [0.1, 0.15) is 47.5 Å². The highest BCUT2D eigenvalue weighted by molar-refractivity contribution is 5.64. The van der Waals surface area contributed by atoms with E-state index in [0.717, 1.165) is 6.29 Å². The summed E-state index contributed by atoms with van der Waals surface area (Å²) in [5, 5.41) is 19.9. The molecule has 2 unspecified atom stereocenters. The third-order valence-electron chi connectivity index (χ3n) is 3.61. The zero-order valence-electron chi connectivity index (χ0n) is 11.6. The van der Waals surface area contributed by atoms with Crippen LogP contribution < -0.4 is 0 Å². The van der Waals surface area contributed by atoms with Gasteiger partial charge in [-0.3, -0.25) is 4.79 Å². The summed E-state index contributed by atoms with van der Waals surface area (Å²) < 4.78 is 0. The van der Waals surface area contributed by atoms with Gasteiger partial charge in [0.2, 0.25) is 0 Å². The Kier molecular flexibility index (Phi) is 6.06. The molecule has 0 spiro atoms. The summed E-state index contributed by atoms with van der Waals surface area (Å²) in [4.78, 5) is 10.2. The van der Waals surface area contributed by atoms with Gasteiger partial charge in [-0.05, 0) is 36.7 Å². The fraction of sp³-hybridized carbons (Fsp3) is 0.786. The minimum absolute atomic E-state index is 0.300. The molecule has 0 amide bonds. The van der Waals surface area contributed by atoms with Crippen molar-refractivity contribution in [1.29, 1.82) is 0 Å². The maximum absolute atomic E-state index is 10.2. The van der Waals surface area contributed by atoms with Gasteiger partial charge in [-0.25, -0.2) is 0 Å². The minimum atomic E-state index is -0.511. The minimum Gasteiger partial charge on any atom is -0.393 e. The molecule has 3 nitrogen and oxygen atoms in total. The second-order valence-electron chi connectivity index (χ2n) is 6.14. The quantitative estimate of drug-likeness (QED) is 0.532. The van der Waals surface area contributed by atoms with Crippen molar-refractivity contribution in [1.82, 2.24) is 0 Å². The van der Waals surface area contributed by atoms with Crippen LogP contribution in [0.2, 0.25) is 0 Å². The lowest BCUT2D eigenvalue weighted by Crippen LogP contribution is -2.37. The van der Waals surface area contributed by atoms with Crippen LogP contribution in [0.4, 0.5) is 0 Å². The number of carbonyl (C=O) groups excluding carboxylic acids is 1. The molecule has 0 aromatic heterocycles. The second-order valence-corrected chi connectivity index (χ2v) is 6.14. The van der Waals surface area contributed by atoms with Crippen LogP contribution in [0.25, 0.3) is 0 Å². The van der Waals surface area contributed by atoms with Crippen LogP contribution >= 0.6 is 0 Å². The van der Waals surface area contributed by atoms with Crippen molar-refractivity contribution in [3.63, 3.8) is 0 Å². The van der Waals surface area contributed by atoms with Crippen LogP contribution in [0.5, 0.6) is 0 Å². The summed E-state index contributed by atoms with van der Waals surface area (Å²) in [6.07, 6.45) is 4.17. The summed E-state index contributed by atoms with van der Waals surface area (Å²) in [7, 11) is 0. The van der Waals surface area contributed by atoms with E-state index >= 15 is 0 Å². The van der Waals surface area contributed by atoms with Crippen molar-refractivity contribution in [2.45, 2.75) is 59.7 Å². The Bertz CT molecular complexity index is 265. The standard InChI is InChI=1S/C14H26O3/c1-11(16)14(4,5)10-12(17)13(2,3)8-6-7-9-15/h6-7,9,11-12,16-17H,8,10H2,1-5H3/b7-6+. The van der Waals surface area contributed by atoms with Crippen LogP contribution in [-0.4, -0.2) is 28.7 Å². The van der Waals surface area contributed by atoms with Crippen molar-refractivity contribution in [3.05, 3.63) is 12.2 Å². The zero-order valence-corrected chi connectivity index (χ0v) is 11.6. The molecule has 0 rings (SSSR count). The van der Waals surface area contributed by atoms with Gasteiger partial charge < -0.3 is 10.2 Å². The van der Waals surface area contributed by atoms with Crippen LogP contribution in [0, 0.1) is 10.8 Å². The van der Waals surface area contributed by atoms with Gasteiger partial charge in [0.15, 0.2) is 0 Å².